The van der Waals surface area contributed by atoms with Crippen LogP contribution in [0.2, 0.25) is 0 Å². The number of likely N-dealkylation sites (tertiary alicyclic amines) is 1. The number of aromatic amines is 1. The zero-order valence-electron chi connectivity index (χ0n) is 21.6. The normalized spacial score (nSPS) is 17.7. The van der Waals surface area contributed by atoms with Gasteiger partial charge in [-0.25, -0.2) is 18.6 Å². The minimum absolute atomic E-state index is 0.103. The van der Waals surface area contributed by atoms with Gasteiger partial charge in [-0.1, -0.05) is 12.1 Å². The van der Waals surface area contributed by atoms with E-state index in [9.17, 15) is 13.6 Å². The summed E-state index contributed by atoms with van der Waals surface area (Å²) in [4.78, 5) is 25.3. The van der Waals surface area contributed by atoms with Crippen LogP contribution in [0.4, 0.5) is 13.6 Å². The van der Waals surface area contributed by atoms with Crippen molar-refractivity contribution in [2.45, 2.75) is 45.7 Å². The first kappa shape index (κ1) is 24.4. The van der Waals surface area contributed by atoms with E-state index in [1.54, 1.807) is 6.07 Å². The topological polar surface area (TPSA) is 61.5 Å². The highest BCUT2D eigenvalue weighted by Crippen LogP contribution is 2.36. The second-order valence-corrected chi connectivity index (χ2v) is 10.3. The number of ether oxygens (including phenoxy) is 1. The van der Waals surface area contributed by atoms with Gasteiger partial charge in [0.1, 0.15) is 18.2 Å². The molecule has 38 heavy (non-hydrogen) atoms. The average Bonchev–Trinajstić information content (AvgIpc) is 3.15. The molecule has 2 aliphatic rings. The van der Waals surface area contributed by atoms with E-state index in [2.05, 4.69) is 34.2 Å². The Morgan fingerprint density at radius 2 is 1.87 bits per heavy atom. The molecule has 1 aromatic heterocycles. The number of nitrogens with zero attached hydrogens (tertiary/aromatic N) is 3. The number of fused-ring (bicyclic) bond motifs is 2. The van der Waals surface area contributed by atoms with Crippen molar-refractivity contribution in [1.29, 1.82) is 0 Å². The molecule has 6 rings (SSSR count). The number of hydrogen-bond acceptors (Lipinski definition) is 3. The fourth-order valence-electron chi connectivity index (χ4n) is 5.77. The Bertz CT molecular complexity index is 1530. The number of aryl methyl sites for hydroxylation is 2. The minimum atomic E-state index is -0.885. The monoisotopic (exact) mass is 516 g/mol. The molecule has 2 amide bonds. The van der Waals surface area contributed by atoms with Gasteiger partial charge in [-0.3, -0.25) is 0 Å². The van der Waals surface area contributed by atoms with Gasteiger partial charge in [0.05, 0.1) is 30.2 Å². The maximum Gasteiger partial charge on any atom is 0.320 e. The molecular formula is C30H30F2N4O2. The molecule has 2 aliphatic heterocycles. The summed E-state index contributed by atoms with van der Waals surface area (Å²) in [6.45, 7) is 5.80. The summed E-state index contributed by atoms with van der Waals surface area (Å²) >= 11 is 0. The van der Waals surface area contributed by atoms with Gasteiger partial charge in [0.25, 0.3) is 0 Å². The lowest BCUT2D eigenvalue weighted by Crippen LogP contribution is -2.47. The van der Waals surface area contributed by atoms with Crippen molar-refractivity contribution in [1.82, 2.24) is 19.8 Å². The molecule has 1 atom stereocenters. The van der Waals surface area contributed by atoms with Gasteiger partial charge < -0.3 is 19.5 Å². The van der Waals surface area contributed by atoms with Crippen LogP contribution >= 0.6 is 0 Å². The molecule has 0 bridgehead atoms. The number of imidazole rings is 1. The molecule has 0 radical (unpaired) electrons. The summed E-state index contributed by atoms with van der Waals surface area (Å²) < 4.78 is 33.7. The van der Waals surface area contributed by atoms with E-state index in [4.69, 9.17) is 4.74 Å². The third kappa shape index (κ3) is 4.48. The van der Waals surface area contributed by atoms with E-state index in [1.165, 1.54) is 6.07 Å². The number of carbonyl (C=O) groups excluding carboxylic acids is 1. The van der Waals surface area contributed by atoms with Crippen LogP contribution in [0.5, 0.6) is 5.75 Å². The molecule has 6 nitrogen and oxygen atoms in total. The van der Waals surface area contributed by atoms with E-state index < -0.39 is 11.6 Å². The molecule has 3 aromatic carbocycles. The zero-order chi connectivity index (χ0) is 26.4. The molecule has 0 saturated carbocycles. The molecule has 0 spiro atoms. The number of carbonyl (C=O) groups is 1. The molecule has 1 fully saturated rings. The van der Waals surface area contributed by atoms with Crippen LogP contribution in [0.1, 0.15) is 47.8 Å². The smallest absolute Gasteiger partial charge is 0.320 e. The van der Waals surface area contributed by atoms with Crippen LogP contribution in [-0.4, -0.2) is 45.5 Å². The third-order valence-electron chi connectivity index (χ3n) is 7.60. The maximum absolute atomic E-state index is 14.0. The van der Waals surface area contributed by atoms with Gasteiger partial charge in [-0.15, -0.1) is 0 Å². The number of rotatable bonds is 2. The van der Waals surface area contributed by atoms with Gasteiger partial charge in [0, 0.05) is 12.1 Å². The Morgan fingerprint density at radius 3 is 2.71 bits per heavy atom. The van der Waals surface area contributed by atoms with Crippen molar-refractivity contribution in [2.24, 2.45) is 0 Å². The lowest BCUT2D eigenvalue weighted by molar-refractivity contribution is 0.110. The quantitative estimate of drug-likeness (QED) is 0.324. The Kier molecular flexibility index (Phi) is 6.26. The number of halogens is 2. The van der Waals surface area contributed by atoms with E-state index in [1.807, 2.05) is 29.7 Å². The number of hydrogen-bond donors (Lipinski definition) is 1. The predicted octanol–water partition coefficient (Wildman–Crippen LogP) is 6.67. The van der Waals surface area contributed by atoms with Gasteiger partial charge in [-0.05, 0) is 91.8 Å². The molecule has 1 N–H and O–H groups in total. The summed E-state index contributed by atoms with van der Waals surface area (Å²) in [7, 11) is 0. The van der Waals surface area contributed by atoms with Gasteiger partial charge >= 0.3 is 6.03 Å². The predicted molar refractivity (Wildman–Crippen MR) is 142 cm³/mol. The molecule has 1 unspecified atom stereocenters. The first-order valence-electron chi connectivity index (χ1n) is 13.1. The van der Waals surface area contributed by atoms with Crippen molar-refractivity contribution < 1.29 is 18.3 Å². The number of benzene rings is 3. The number of aromatic nitrogens is 2. The van der Waals surface area contributed by atoms with Crippen LogP contribution in [0, 0.1) is 25.5 Å². The first-order valence-corrected chi connectivity index (χ1v) is 13.1. The highest BCUT2D eigenvalue weighted by molar-refractivity contribution is 5.83. The average molecular weight is 517 g/mol. The van der Waals surface area contributed by atoms with Crippen molar-refractivity contribution >= 4 is 17.1 Å². The number of urea groups is 1. The van der Waals surface area contributed by atoms with Crippen molar-refractivity contribution in [3.05, 3.63) is 82.7 Å². The highest BCUT2D eigenvalue weighted by Gasteiger charge is 2.33. The second kappa shape index (κ2) is 9.74. The molecule has 196 valence electrons. The van der Waals surface area contributed by atoms with E-state index in [-0.39, 0.29) is 12.1 Å². The number of H-pyrrole nitrogens is 1. The SMILES string of the molecule is Cc1nc2ccc(-c3cc(C)c4c(c3)CN(C(=O)N3CCCCC3c3ccc(F)c(F)c3)CCO4)cc2[nH]1. The van der Waals surface area contributed by atoms with Crippen molar-refractivity contribution in [2.75, 3.05) is 19.7 Å². The number of nitrogens with one attached hydrogen (secondary N) is 1. The first-order chi connectivity index (χ1) is 18.4. The fourth-order valence-corrected chi connectivity index (χ4v) is 5.77. The van der Waals surface area contributed by atoms with Gasteiger partial charge in [-0.2, -0.15) is 0 Å². The van der Waals surface area contributed by atoms with E-state index in [0.29, 0.717) is 31.8 Å². The third-order valence-corrected chi connectivity index (χ3v) is 7.60. The van der Waals surface area contributed by atoms with Crippen LogP contribution in [0.15, 0.2) is 48.5 Å². The largest absolute Gasteiger partial charge is 0.491 e. The second-order valence-electron chi connectivity index (χ2n) is 10.3. The summed E-state index contributed by atoms with van der Waals surface area (Å²) in [6, 6.07) is 13.9. The van der Waals surface area contributed by atoms with Crippen LogP contribution in [-0.2, 0) is 6.54 Å². The Balaban J connectivity index is 1.30. The summed E-state index contributed by atoms with van der Waals surface area (Å²) in [5.41, 5.74) is 6.61. The molecule has 4 aromatic rings. The molecule has 1 saturated heterocycles. The molecule has 3 heterocycles. The van der Waals surface area contributed by atoms with Crippen LogP contribution in [0.25, 0.3) is 22.2 Å². The number of amides is 2. The molecule has 0 aliphatic carbocycles. The van der Waals surface area contributed by atoms with Crippen LogP contribution < -0.4 is 4.74 Å². The summed E-state index contributed by atoms with van der Waals surface area (Å²) in [6.07, 6.45) is 2.53. The Morgan fingerprint density at radius 1 is 1.00 bits per heavy atom. The molecular weight excluding hydrogens is 486 g/mol. The summed E-state index contributed by atoms with van der Waals surface area (Å²) in [5.74, 6) is -0.0729. The van der Waals surface area contributed by atoms with Crippen molar-refractivity contribution in [3.8, 4) is 16.9 Å². The van der Waals surface area contributed by atoms with Gasteiger partial charge in [0.15, 0.2) is 11.6 Å². The van der Waals surface area contributed by atoms with E-state index in [0.717, 1.165) is 70.2 Å². The Labute approximate surface area is 220 Å². The standard InChI is InChI=1S/C30H30F2N4O2/c1-18-13-22(20-7-9-26-27(16-20)34-19(2)33-26)14-23-17-35(11-12-38-29(18)23)30(37)36-10-4-3-5-28(36)21-6-8-24(31)25(32)15-21/h6-9,13-16,28H,3-5,10-12,17H2,1-2H3,(H,33,34). The molecule has 8 heteroatoms. The summed E-state index contributed by atoms with van der Waals surface area (Å²) in [5, 5.41) is 0. The zero-order valence-corrected chi connectivity index (χ0v) is 21.6. The van der Waals surface area contributed by atoms with Gasteiger partial charge in [0.2, 0.25) is 0 Å². The lowest BCUT2D eigenvalue weighted by atomic mass is 9.95. The van der Waals surface area contributed by atoms with Crippen LogP contribution in [0.3, 0.4) is 0 Å². The minimum Gasteiger partial charge on any atom is -0.491 e. The van der Waals surface area contributed by atoms with Crippen molar-refractivity contribution in [3.63, 3.8) is 0 Å². The lowest BCUT2D eigenvalue weighted by Gasteiger charge is -2.39. The maximum atomic E-state index is 14.0. The fraction of sp³-hybridized carbons (Fsp3) is 0.333. The number of piperidine rings is 1. The Hall–Kier alpha value is -3.94. The van der Waals surface area contributed by atoms with E-state index >= 15 is 0 Å². The highest BCUT2D eigenvalue weighted by atomic mass is 19.2.